The van der Waals surface area contributed by atoms with Gasteiger partial charge in [0.2, 0.25) is 5.88 Å². The molecule has 0 spiro atoms. The minimum Gasteiger partial charge on any atom is -0.437 e. The van der Waals surface area contributed by atoms with Gasteiger partial charge >= 0.3 is 0 Å². The molecular weight excluding hydrogens is 482 g/mol. The lowest BCUT2D eigenvalue weighted by molar-refractivity contribution is 0.461. The lowest BCUT2D eigenvalue weighted by Crippen LogP contribution is -1.99. The molecule has 0 unspecified atom stereocenters. The molecule has 0 aliphatic heterocycles. The third kappa shape index (κ3) is 3.39. The van der Waals surface area contributed by atoms with Gasteiger partial charge in [-0.2, -0.15) is 4.98 Å². The molecule has 6 nitrogen and oxygen atoms in total. The van der Waals surface area contributed by atoms with E-state index in [0.29, 0.717) is 11.6 Å². The molecule has 39 heavy (non-hydrogen) atoms. The Morgan fingerprint density at radius 2 is 1.13 bits per heavy atom. The van der Waals surface area contributed by atoms with Crippen LogP contribution in [0.4, 0.5) is 0 Å². The fourth-order valence-corrected chi connectivity index (χ4v) is 5.48. The molecule has 0 saturated heterocycles. The van der Waals surface area contributed by atoms with Gasteiger partial charge < -0.3 is 4.74 Å². The predicted octanol–water partition coefficient (Wildman–Crippen LogP) is 7.86. The predicted molar refractivity (Wildman–Crippen MR) is 155 cm³/mol. The highest BCUT2D eigenvalue weighted by molar-refractivity contribution is 6.09. The zero-order valence-corrected chi connectivity index (χ0v) is 20.8. The van der Waals surface area contributed by atoms with E-state index in [9.17, 15) is 0 Å². The molecule has 0 radical (unpaired) electrons. The molecular formula is C33H21N5O. The van der Waals surface area contributed by atoms with Crippen LogP contribution in [0, 0.1) is 0 Å². The zero-order valence-electron chi connectivity index (χ0n) is 20.8. The van der Waals surface area contributed by atoms with Crippen LogP contribution >= 0.6 is 0 Å². The fraction of sp³-hybridized carbons (Fsp3) is 0. The van der Waals surface area contributed by atoms with E-state index in [1.165, 1.54) is 10.8 Å². The first-order chi connectivity index (χ1) is 19.3. The van der Waals surface area contributed by atoms with E-state index < -0.39 is 0 Å². The highest BCUT2D eigenvalue weighted by atomic mass is 16.5. The molecule has 5 heterocycles. The van der Waals surface area contributed by atoms with Crippen LogP contribution in [0.15, 0.2) is 128 Å². The Balaban J connectivity index is 1.25. The lowest BCUT2D eigenvalue weighted by atomic mass is 10.2. The topological polar surface area (TPSA) is 57.8 Å². The summed E-state index contributed by atoms with van der Waals surface area (Å²) in [5.74, 6) is 2.72. The lowest BCUT2D eigenvalue weighted by Gasteiger charge is -2.10. The number of rotatable bonds is 4. The van der Waals surface area contributed by atoms with Gasteiger partial charge in [0, 0.05) is 34.5 Å². The van der Waals surface area contributed by atoms with Crippen LogP contribution in [0.5, 0.6) is 11.6 Å². The summed E-state index contributed by atoms with van der Waals surface area (Å²) >= 11 is 0. The molecule has 0 fully saturated rings. The van der Waals surface area contributed by atoms with Crippen molar-refractivity contribution in [3.05, 3.63) is 128 Å². The first kappa shape index (κ1) is 21.6. The van der Waals surface area contributed by atoms with Crippen molar-refractivity contribution in [1.82, 2.24) is 24.1 Å². The molecule has 0 amide bonds. The molecule has 0 aliphatic rings. The summed E-state index contributed by atoms with van der Waals surface area (Å²) in [6.07, 6.45) is 3.56. The molecule has 6 heteroatoms. The van der Waals surface area contributed by atoms with Crippen molar-refractivity contribution in [3.8, 4) is 23.3 Å². The molecule has 0 aliphatic carbocycles. The second-order valence-corrected chi connectivity index (χ2v) is 9.39. The smallest absolute Gasteiger partial charge is 0.221 e. The molecule has 0 N–H and O–H groups in total. The summed E-state index contributed by atoms with van der Waals surface area (Å²) in [6, 6.07) is 38.8. The normalized spacial score (nSPS) is 11.6. The van der Waals surface area contributed by atoms with Gasteiger partial charge in [0.15, 0.2) is 0 Å². The summed E-state index contributed by atoms with van der Waals surface area (Å²) in [5, 5.41) is 3.45. The van der Waals surface area contributed by atoms with Gasteiger partial charge in [-0.25, -0.2) is 4.98 Å². The molecule has 184 valence electrons. The van der Waals surface area contributed by atoms with Crippen LogP contribution in [-0.4, -0.2) is 24.1 Å². The summed E-state index contributed by atoms with van der Waals surface area (Å²) < 4.78 is 10.6. The number of nitrogens with zero attached hydrogens (tertiary/aromatic N) is 5. The number of para-hydroxylation sites is 3. The second kappa shape index (κ2) is 8.53. The Morgan fingerprint density at radius 1 is 0.513 bits per heavy atom. The van der Waals surface area contributed by atoms with Gasteiger partial charge in [-0.05, 0) is 36.4 Å². The van der Waals surface area contributed by atoms with Crippen LogP contribution in [0.1, 0.15) is 0 Å². The van der Waals surface area contributed by atoms with Crippen LogP contribution in [0.25, 0.3) is 55.4 Å². The van der Waals surface area contributed by atoms with Crippen LogP contribution in [0.2, 0.25) is 0 Å². The maximum atomic E-state index is 6.32. The third-order valence-corrected chi connectivity index (χ3v) is 7.10. The largest absolute Gasteiger partial charge is 0.437 e. The second-order valence-electron chi connectivity index (χ2n) is 9.39. The maximum absolute atomic E-state index is 6.32. The average Bonchev–Trinajstić information content (AvgIpc) is 3.50. The van der Waals surface area contributed by atoms with Crippen molar-refractivity contribution in [3.63, 3.8) is 0 Å². The van der Waals surface area contributed by atoms with Crippen LogP contribution < -0.4 is 4.74 Å². The number of pyridine rings is 3. The van der Waals surface area contributed by atoms with Crippen molar-refractivity contribution < 1.29 is 4.74 Å². The van der Waals surface area contributed by atoms with Crippen LogP contribution in [0.3, 0.4) is 0 Å². The van der Waals surface area contributed by atoms with E-state index in [1.807, 2.05) is 54.6 Å². The highest BCUT2D eigenvalue weighted by Crippen LogP contribution is 2.34. The number of fused-ring (bicyclic) bond motifs is 6. The summed E-state index contributed by atoms with van der Waals surface area (Å²) in [6.45, 7) is 0. The first-order valence-electron chi connectivity index (χ1n) is 12.8. The number of benzene rings is 3. The van der Waals surface area contributed by atoms with Gasteiger partial charge in [0.1, 0.15) is 17.4 Å². The van der Waals surface area contributed by atoms with Gasteiger partial charge in [0.25, 0.3) is 0 Å². The fourth-order valence-electron chi connectivity index (χ4n) is 5.48. The van der Waals surface area contributed by atoms with Gasteiger partial charge in [-0.3, -0.25) is 14.1 Å². The van der Waals surface area contributed by atoms with Crippen molar-refractivity contribution in [2.45, 2.75) is 0 Å². The highest BCUT2D eigenvalue weighted by Gasteiger charge is 2.16. The van der Waals surface area contributed by atoms with Gasteiger partial charge in [-0.1, -0.05) is 66.7 Å². The van der Waals surface area contributed by atoms with E-state index in [4.69, 9.17) is 14.7 Å². The Kier molecular flexibility index (Phi) is 4.72. The van der Waals surface area contributed by atoms with E-state index in [2.05, 4.69) is 74.8 Å². The van der Waals surface area contributed by atoms with E-state index >= 15 is 0 Å². The molecule has 0 saturated carbocycles. The number of aromatic nitrogens is 5. The quantitative estimate of drug-likeness (QED) is 0.245. The molecule has 8 aromatic rings. The molecule has 8 rings (SSSR count). The number of hydrogen-bond acceptors (Lipinski definition) is 4. The minimum atomic E-state index is 0.496. The minimum absolute atomic E-state index is 0.496. The number of hydrogen-bond donors (Lipinski definition) is 0. The monoisotopic (exact) mass is 503 g/mol. The van der Waals surface area contributed by atoms with Crippen molar-refractivity contribution in [2.24, 2.45) is 0 Å². The third-order valence-electron chi connectivity index (χ3n) is 7.10. The van der Waals surface area contributed by atoms with E-state index in [0.717, 1.165) is 44.6 Å². The summed E-state index contributed by atoms with van der Waals surface area (Å²) in [5.41, 5.74) is 5.07. The molecule has 0 atom stereocenters. The maximum Gasteiger partial charge on any atom is 0.221 e. The molecule has 5 aromatic heterocycles. The van der Waals surface area contributed by atoms with Crippen molar-refractivity contribution in [1.29, 1.82) is 0 Å². The van der Waals surface area contributed by atoms with Gasteiger partial charge in [-0.15, -0.1) is 0 Å². The van der Waals surface area contributed by atoms with E-state index in [-0.39, 0.29) is 0 Å². The molecule has 0 bridgehead atoms. The SMILES string of the molecule is c1ccc(-n2c3ccccc3c3ncc(Oc4cccc(-n5c6ccccc6c6ccccc65)n4)cc32)nc1. The van der Waals surface area contributed by atoms with E-state index in [1.54, 1.807) is 12.4 Å². The average molecular weight is 504 g/mol. The Labute approximate surface area is 223 Å². The van der Waals surface area contributed by atoms with Crippen molar-refractivity contribution in [2.75, 3.05) is 0 Å². The standard InChI is InChI=1S/C33H21N5O/c1-4-13-26-23(10-1)24-11-2-5-14-27(24)37(26)31-17-9-18-32(36-31)39-22-20-29-33(35-21-22)25-12-3-6-15-28(25)38(29)30-16-7-8-19-34-30/h1-21H. The first-order valence-corrected chi connectivity index (χ1v) is 12.8. The summed E-state index contributed by atoms with van der Waals surface area (Å²) in [7, 11) is 0. The zero-order chi connectivity index (χ0) is 25.8. The number of ether oxygens (including phenoxy) is 1. The summed E-state index contributed by atoms with van der Waals surface area (Å²) in [4.78, 5) is 14.3. The van der Waals surface area contributed by atoms with Gasteiger partial charge in [0.05, 0.1) is 33.8 Å². The Hall–Kier alpha value is -5.49. The van der Waals surface area contributed by atoms with Crippen molar-refractivity contribution >= 4 is 43.7 Å². The Morgan fingerprint density at radius 3 is 1.85 bits per heavy atom. The molecule has 3 aromatic carbocycles. The van der Waals surface area contributed by atoms with Crippen LogP contribution in [-0.2, 0) is 0 Å². The Bertz CT molecular complexity index is 2110.